The van der Waals surface area contributed by atoms with Gasteiger partial charge in [-0.25, -0.2) is 0 Å². The van der Waals surface area contributed by atoms with E-state index in [1.54, 1.807) is 0 Å². The van der Waals surface area contributed by atoms with Gasteiger partial charge in [-0.2, -0.15) is 5.10 Å². The Hall–Kier alpha value is -3.09. The van der Waals surface area contributed by atoms with Crippen LogP contribution in [0.2, 0.25) is 0 Å². The first-order valence-electron chi connectivity index (χ1n) is 8.89. The Bertz CT molecular complexity index is 1080. The van der Waals surface area contributed by atoms with Crippen molar-refractivity contribution >= 4 is 16.9 Å². The predicted octanol–water partition coefficient (Wildman–Crippen LogP) is 2.34. The summed E-state index contributed by atoms with van der Waals surface area (Å²) < 4.78 is 6.42. The van der Waals surface area contributed by atoms with Crippen LogP contribution in [0.25, 0.3) is 10.9 Å². The third-order valence-corrected chi connectivity index (χ3v) is 5.14. The van der Waals surface area contributed by atoms with E-state index < -0.39 is 0 Å². The van der Waals surface area contributed by atoms with E-state index in [4.69, 9.17) is 0 Å². The minimum Gasteiger partial charge on any atom is -0.340 e. The summed E-state index contributed by atoms with van der Waals surface area (Å²) in [7, 11) is 2.05. The standard InChI is InChI=1S/C19H21N7/c1-14-11-16-12-25(9-10-26(16)22-14)19-21-20-18(23(19)2)13-24-8-7-15-5-3-4-6-17(15)24/h3-8,11H,9-10,12-13H2,1-2H3. The Morgan fingerprint density at radius 2 is 1.96 bits per heavy atom. The van der Waals surface area contributed by atoms with E-state index in [1.165, 1.54) is 16.6 Å². The molecule has 1 aliphatic rings. The molecule has 5 rings (SSSR count). The molecule has 0 atom stereocenters. The molecule has 132 valence electrons. The monoisotopic (exact) mass is 347 g/mol. The lowest BCUT2D eigenvalue weighted by molar-refractivity contribution is 0.507. The van der Waals surface area contributed by atoms with Crippen LogP contribution in [-0.2, 0) is 26.7 Å². The molecule has 0 saturated heterocycles. The minimum atomic E-state index is 0.710. The van der Waals surface area contributed by atoms with Gasteiger partial charge in [0.25, 0.3) is 0 Å². The fourth-order valence-electron chi connectivity index (χ4n) is 3.78. The summed E-state index contributed by atoms with van der Waals surface area (Å²) in [4.78, 5) is 2.28. The summed E-state index contributed by atoms with van der Waals surface area (Å²) in [5.74, 6) is 1.87. The highest BCUT2D eigenvalue weighted by Gasteiger charge is 2.22. The van der Waals surface area contributed by atoms with Gasteiger partial charge in [-0.3, -0.25) is 9.25 Å². The van der Waals surface area contributed by atoms with Crippen LogP contribution in [0, 0.1) is 6.92 Å². The number of fused-ring (bicyclic) bond motifs is 2. The maximum absolute atomic E-state index is 4.53. The Balaban J connectivity index is 1.42. The summed E-state index contributed by atoms with van der Waals surface area (Å²) in [6.07, 6.45) is 2.11. The number of aryl methyl sites for hydroxylation is 1. The molecule has 0 N–H and O–H groups in total. The number of anilines is 1. The molecule has 26 heavy (non-hydrogen) atoms. The molecule has 4 heterocycles. The molecular weight excluding hydrogens is 326 g/mol. The average Bonchev–Trinajstić information content (AvgIpc) is 3.32. The molecule has 0 spiro atoms. The molecule has 4 aromatic rings. The minimum absolute atomic E-state index is 0.710. The Kier molecular flexibility index (Phi) is 3.34. The van der Waals surface area contributed by atoms with Crippen molar-refractivity contribution in [3.63, 3.8) is 0 Å². The second kappa shape index (κ2) is 5.72. The van der Waals surface area contributed by atoms with Gasteiger partial charge in [0.05, 0.1) is 31.0 Å². The van der Waals surface area contributed by atoms with Crippen molar-refractivity contribution < 1.29 is 0 Å². The molecule has 0 amide bonds. The van der Waals surface area contributed by atoms with E-state index in [9.17, 15) is 0 Å². The van der Waals surface area contributed by atoms with Crippen LogP contribution in [0.1, 0.15) is 17.2 Å². The SMILES string of the molecule is Cc1cc2n(n1)CCN(c1nnc(Cn3ccc4ccccc43)n1C)C2. The number of nitrogens with zero attached hydrogens (tertiary/aromatic N) is 7. The summed E-state index contributed by atoms with van der Waals surface area (Å²) in [5, 5.41) is 14.7. The number of benzene rings is 1. The van der Waals surface area contributed by atoms with Gasteiger partial charge >= 0.3 is 0 Å². The molecule has 0 radical (unpaired) electrons. The smallest absolute Gasteiger partial charge is 0.227 e. The number of para-hydroxylation sites is 1. The van der Waals surface area contributed by atoms with E-state index >= 15 is 0 Å². The summed E-state index contributed by atoms with van der Waals surface area (Å²) in [6, 6.07) is 12.7. The number of rotatable bonds is 3. The lowest BCUT2D eigenvalue weighted by atomic mass is 10.2. The molecule has 0 bridgehead atoms. The third-order valence-electron chi connectivity index (χ3n) is 5.14. The zero-order chi connectivity index (χ0) is 17.7. The van der Waals surface area contributed by atoms with Crippen molar-refractivity contribution in [2.45, 2.75) is 26.6 Å². The normalized spacial score (nSPS) is 14.2. The van der Waals surface area contributed by atoms with E-state index in [0.29, 0.717) is 6.54 Å². The molecule has 1 aliphatic heterocycles. The van der Waals surface area contributed by atoms with Crippen LogP contribution in [-0.4, -0.2) is 35.7 Å². The summed E-state index contributed by atoms with van der Waals surface area (Å²) >= 11 is 0. The van der Waals surface area contributed by atoms with Crippen molar-refractivity contribution in [1.82, 2.24) is 29.1 Å². The third kappa shape index (κ3) is 2.39. The molecular formula is C19H21N7. The molecule has 0 unspecified atom stereocenters. The molecule has 0 saturated carbocycles. The van der Waals surface area contributed by atoms with Crippen molar-refractivity contribution in [2.24, 2.45) is 7.05 Å². The van der Waals surface area contributed by atoms with Gasteiger partial charge in [0, 0.05) is 25.3 Å². The number of hydrogen-bond acceptors (Lipinski definition) is 4. The van der Waals surface area contributed by atoms with E-state index in [-0.39, 0.29) is 0 Å². The van der Waals surface area contributed by atoms with Crippen molar-refractivity contribution in [1.29, 1.82) is 0 Å². The lowest BCUT2D eigenvalue weighted by Gasteiger charge is -2.28. The molecule has 1 aromatic carbocycles. The van der Waals surface area contributed by atoms with E-state index in [2.05, 4.69) is 76.6 Å². The van der Waals surface area contributed by atoms with Crippen molar-refractivity contribution in [2.75, 3.05) is 11.4 Å². The Morgan fingerprint density at radius 1 is 1.08 bits per heavy atom. The van der Waals surface area contributed by atoms with Gasteiger partial charge in [0.15, 0.2) is 5.82 Å². The van der Waals surface area contributed by atoms with Crippen molar-refractivity contribution in [3.05, 3.63) is 59.8 Å². The van der Waals surface area contributed by atoms with Gasteiger partial charge in [-0.1, -0.05) is 18.2 Å². The van der Waals surface area contributed by atoms with E-state index in [0.717, 1.165) is 37.1 Å². The summed E-state index contributed by atoms with van der Waals surface area (Å²) in [5.41, 5.74) is 3.52. The zero-order valence-electron chi connectivity index (χ0n) is 15.0. The van der Waals surface area contributed by atoms with Crippen LogP contribution in [0.4, 0.5) is 5.95 Å². The fourth-order valence-corrected chi connectivity index (χ4v) is 3.78. The quantitative estimate of drug-likeness (QED) is 0.571. The van der Waals surface area contributed by atoms with Crippen LogP contribution in [0.5, 0.6) is 0 Å². The number of aromatic nitrogens is 6. The predicted molar refractivity (Wildman–Crippen MR) is 100 cm³/mol. The highest BCUT2D eigenvalue weighted by molar-refractivity contribution is 5.79. The Labute approximate surface area is 151 Å². The first kappa shape index (κ1) is 15.2. The van der Waals surface area contributed by atoms with Gasteiger partial charge < -0.3 is 9.47 Å². The topological polar surface area (TPSA) is 56.7 Å². The van der Waals surface area contributed by atoms with Crippen molar-refractivity contribution in [3.8, 4) is 0 Å². The van der Waals surface area contributed by atoms with Gasteiger partial charge in [0.2, 0.25) is 5.95 Å². The van der Waals surface area contributed by atoms with Gasteiger partial charge in [-0.15, -0.1) is 10.2 Å². The highest BCUT2D eigenvalue weighted by atomic mass is 15.4. The fraction of sp³-hybridized carbons (Fsp3) is 0.316. The van der Waals surface area contributed by atoms with E-state index in [1.807, 2.05) is 14.0 Å². The number of hydrogen-bond donors (Lipinski definition) is 0. The van der Waals surface area contributed by atoms with Crippen LogP contribution in [0.3, 0.4) is 0 Å². The molecule has 0 fully saturated rings. The van der Waals surface area contributed by atoms with Gasteiger partial charge in [-0.05, 0) is 30.5 Å². The highest BCUT2D eigenvalue weighted by Crippen LogP contribution is 2.21. The molecule has 3 aromatic heterocycles. The average molecular weight is 347 g/mol. The molecule has 7 heteroatoms. The second-order valence-electron chi connectivity index (χ2n) is 6.90. The zero-order valence-corrected chi connectivity index (χ0v) is 15.0. The second-order valence-corrected chi connectivity index (χ2v) is 6.90. The summed E-state index contributed by atoms with van der Waals surface area (Å²) in [6.45, 7) is 5.35. The molecule has 7 nitrogen and oxygen atoms in total. The first-order valence-corrected chi connectivity index (χ1v) is 8.89. The van der Waals surface area contributed by atoms with Gasteiger partial charge in [0.1, 0.15) is 0 Å². The van der Waals surface area contributed by atoms with Crippen LogP contribution >= 0.6 is 0 Å². The maximum Gasteiger partial charge on any atom is 0.227 e. The lowest BCUT2D eigenvalue weighted by Crippen LogP contribution is -2.35. The first-order chi connectivity index (χ1) is 12.7. The Morgan fingerprint density at radius 3 is 2.88 bits per heavy atom. The van der Waals surface area contributed by atoms with Crippen LogP contribution < -0.4 is 4.90 Å². The van der Waals surface area contributed by atoms with Crippen LogP contribution in [0.15, 0.2) is 42.6 Å². The largest absolute Gasteiger partial charge is 0.340 e. The molecule has 0 aliphatic carbocycles. The maximum atomic E-state index is 4.53.